The summed E-state index contributed by atoms with van der Waals surface area (Å²) >= 11 is 0. The van der Waals surface area contributed by atoms with E-state index in [-0.39, 0.29) is 6.71 Å². The maximum absolute atomic E-state index is 7.19. The zero-order valence-corrected chi connectivity index (χ0v) is 54.8. The molecule has 4 heteroatoms. The van der Waals surface area contributed by atoms with Crippen molar-refractivity contribution in [1.82, 2.24) is 0 Å². The molecule has 2 aliphatic heterocycles. The Labute approximate surface area is 583 Å². The zero-order chi connectivity index (χ0) is 66.0. The van der Waals surface area contributed by atoms with E-state index in [9.17, 15) is 0 Å². The molecule has 0 aliphatic carbocycles. The van der Waals surface area contributed by atoms with Crippen LogP contribution in [0.2, 0.25) is 0 Å². The third-order valence-electron chi connectivity index (χ3n) is 20.4. The van der Waals surface area contributed by atoms with Crippen molar-refractivity contribution in [3.63, 3.8) is 0 Å². The lowest BCUT2D eigenvalue weighted by Gasteiger charge is -2.46. The van der Waals surface area contributed by atoms with Crippen molar-refractivity contribution in [2.75, 3.05) is 9.80 Å². The summed E-state index contributed by atoms with van der Waals surface area (Å²) in [6.45, 7) is -0.259. The van der Waals surface area contributed by atoms with Crippen LogP contribution < -0.4 is 26.2 Å². The van der Waals surface area contributed by atoms with Crippen LogP contribution in [0.15, 0.2) is 387 Å². The summed E-state index contributed by atoms with van der Waals surface area (Å²) < 4.78 is 7.19. The van der Waals surface area contributed by atoms with Crippen LogP contribution in [0.4, 0.5) is 34.1 Å². The average molecular weight is 1270 g/mol. The lowest BCUT2D eigenvalue weighted by atomic mass is 9.33. The second-order valence-electron chi connectivity index (χ2n) is 26.2. The summed E-state index contributed by atoms with van der Waals surface area (Å²) in [5.41, 5.74) is 34.3. The highest BCUT2D eigenvalue weighted by atomic mass is 16.3. The molecule has 0 fully saturated rings. The van der Waals surface area contributed by atoms with Crippen LogP contribution in [-0.4, -0.2) is 6.71 Å². The number of nitrogens with zero attached hydrogens (tertiary/aromatic N) is 2. The van der Waals surface area contributed by atoms with E-state index in [1.54, 1.807) is 0 Å². The fourth-order valence-electron chi connectivity index (χ4n) is 15.8. The van der Waals surface area contributed by atoms with Crippen molar-refractivity contribution in [3.05, 3.63) is 382 Å². The van der Waals surface area contributed by atoms with Crippen LogP contribution in [0.25, 0.3) is 133 Å². The van der Waals surface area contributed by atoms with Crippen molar-refractivity contribution in [2.45, 2.75) is 0 Å². The first-order chi connectivity index (χ1) is 49.6. The van der Waals surface area contributed by atoms with Gasteiger partial charge in [-0.15, -0.1) is 0 Å². The molecule has 16 aromatic carbocycles. The minimum atomic E-state index is -0.259. The van der Waals surface area contributed by atoms with Crippen molar-refractivity contribution in [2.24, 2.45) is 0 Å². The minimum Gasteiger partial charge on any atom is -0.455 e. The smallest absolute Gasteiger partial charge is 0.252 e. The van der Waals surface area contributed by atoms with Gasteiger partial charge in [0.05, 0.1) is 11.4 Å². The van der Waals surface area contributed by atoms with Crippen LogP contribution in [0, 0.1) is 0 Å². The van der Waals surface area contributed by atoms with E-state index in [0.717, 1.165) is 167 Å². The van der Waals surface area contributed by atoms with Crippen LogP contribution in [0.3, 0.4) is 0 Å². The quantitative estimate of drug-likeness (QED) is 0.114. The van der Waals surface area contributed by atoms with Crippen molar-refractivity contribution in [1.29, 1.82) is 0 Å². The van der Waals surface area contributed by atoms with Crippen LogP contribution in [0.1, 0.15) is 0 Å². The molecule has 0 amide bonds. The lowest BCUT2D eigenvalue weighted by Crippen LogP contribution is -2.61. The van der Waals surface area contributed by atoms with Gasteiger partial charge in [0.2, 0.25) is 0 Å². The predicted octanol–water partition coefficient (Wildman–Crippen LogP) is 24.3. The van der Waals surface area contributed by atoms with Crippen molar-refractivity contribution >= 4 is 79.2 Å². The molecule has 0 atom stereocenters. The highest BCUT2D eigenvalue weighted by Crippen LogP contribution is 2.55. The summed E-state index contributed by atoms with van der Waals surface area (Å²) in [5, 5.41) is 2.11. The Morgan fingerprint density at radius 2 is 0.530 bits per heavy atom. The number of hydrogen-bond donors (Lipinski definition) is 0. The minimum absolute atomic E-state index is 0.259. The molecule has 0 radical (unpaired) electrons. The molecular weight excluding hydrogens is 1210 g/mol. The van der Waals surface area contributed by atoms with E-state index in [1.165, 1.54) is 16.4 Å². The van der Waals surface area contributed by atoms with Gasteiger partial charge in [0.1, 0.15) is 11.2 Å². The summed E-state index contributed by atoms with van der Waals surface area (Å²) in [4.78, 5) is 5.31. The van der Waals surface area contributed by atoms with Gasteiger partial charge in [-0.1, -0.05) is 322 Å². The third-order valence-corrected chi connectivity index (χ3v) is 20.4. The van der Waals surface area contributed by atoms with Gasteiger partial charge >= 0.3 is 0 Å². The molecular formula is C96H63BN2O. The molecule has 3 heterocycles. The van der Waals surface area contributed by atoms with Crippen LogP contribution >= 0.6 is 0 Å². The largest absolute Gasteiger partial charge is 0.455 e. The van der Waals surface area contributed by atoms with Crippen molar-refractivity contribution in [3.8, 4) is 111 Å². The van der Waals surface area contributed by atoms with Gasteiger partial charge in [-0.3, -0.25) is 0 Å². The molecule has 0 spiro atoms. The van der Waals surface area contributed by atoms with Gasteiger partial charge in [0.25, 0.3) is 6.71 Å². The molecule has 1 aromatic heterocycles. The van der Waals surface area contributed by atoms with Crippen LogP contribution in [-0.2, 0) is 0 Å². The normalized spacial score (nSPS) is 12.1. The van der Waals surface area contributed by atoms with Crippen molar-refractivity contribution < 1.29 is 4.42 Å². The number of furan rings is 1. The van der Waals surface area contributed by atoms with Gasteiger partial charge in [-0.05, 0) is 161 Å². The second-order valence-corrected chi connectivity index (χ2v) is 26.2. The van der Waals surface area contributed by atoms with Gasteiger partial charge in [0, 0.05) is 61.3 Å². The highest BCUT2D eigenvalue weighted by molar-refractivity contribution is 7.00. The van der Waals surface area contributed by atoms with E-state index in [4.69, 9.17) is 4.42 Å². The Balaban J connectivity index is 0.988. The van der Waals surface area contributed by atoms with E-state index in [0.29, 0.717) is 0 Å². The number of para-hydroxylation sites is 3. The van der Waals surface area contributed by atoms with E-state index in [2.05, 4.69) is 392 Å². The second kappa shape index (κ2) is 24.6. The molecule has 0 unspecified atom stereocenters. The fourth-order valence-corrected chi connectivity index (χ4v) is 15.8. The van der Waals surface area contributed by atoms with E-state index >= 15 is 0 Å². The molecule has 17 aromatic rings. The average Bonchev–Trinajstić information content (AvgIpc) is 0.772. The first-order valence-electron chi connectivity index (χ1n) is 34.5. The Kier molecular flexibility index (Phi) is 14.3. The highest BCUT2D eigenvalue weighted by Gasteiger charge is 2.46. The number of fused-ring (bicyclic) bond motifs is 7. The third kappa shape index (κ3) is 10.1. The molecule has 0 bridgehead atoms. The lowest BCUT2D eigenvalue weighted by molar-refractivity contribution is 0.670. The number of anilines is 6. The predicted molar refractivity (Wildman–Crippen MR) is 422 cm³/mol. The summed E-state index contributed by atoms with van der Waals surface area (Å²) in [6, 6.07) is 141. The molecule has 2 aliphatic rings. The molecule has 3 nitrogen and oxygen atoms in total. The Morgan fingerprint density at radius 1 is 0.200 bits per heavy atom. The molecule has 100 heavy (non-hydrogen) atoms. The van der Waals surface area contributed by atoms with E-state index < -0.39 is 0 Å². The first kappa shape index (κ1) is 58.3. The monoisotopic (exact) mass is 1270 g/mol. The summed E-state index contributed by atoms with van der Waals surface area (Å²) in [7, 11) is 0. The van der Waals surface area contributed by atoms with Gasteiger partial charge < -0.3 is 14.2 Å². The Morgan fingerprint density at radius 3 is 0.930 bits per heavy atom. The first-order valence-corrected chi connectivity index (χ1v) is 34.5. The molecule has 466 valence electrons. The fraction of sp³-hybridized carbons (Fsp3) is 0. The Bertz CT molecular complexity index is 5530. The Hall–Kier alpha value is -13.0. The SMILES string of the molecule is c1ccc(-c2cc(-c3ccccc3)cc(-c3cc(-c4cc5c6c(c4)N(c4c(-c7ccccc7)cccc4-c4ccccc4)c4ccc(-c7ccccc7)cc4B6c4cc(-c6ccccc6)ccc4N5c4c(-c5ccccc5)cccc4-c4ccccc4)cc4c3oc3ccccc34)c2)cc1. The summed E-state index contributed by atoms with van der Waals surface area (Å²) in [6.07, 6.45) is 0. The number of hydrogen-bond acceptors (Lipinski definition) is 3. The molecule has 0 saturated heterocycles. The van der Waals surface area contributed by atoms with Gasteiger partial charge in [0.15, 0.2) is 0 Å². The zero-order valence-electron chi connectivity index (χ0n) is 54.8. The maximum Gasteiger partial charge on any atom is 0.252 e. The molecule has 0 saturated carbocycles. The molecule has 19 rings (SSSR count). The number of rotatable bonds is 12. The van der Waals surface area contributed by atoms with Crippen LogP contribution in [0.5, 0.6) is 0 Å². The number of benzene rings is 16. The molecule has 0 N–H and O–H groups in total. The summed E-state index contributed by atoms with van der Waals surface area (Å²) in [5.74, 6) is 0. The standard InChI is InChI=1S/C96H63BN2O/c1-9-29-64(30-10-1)72-51-53-88-86(60-72)97-87-61-73(65-31-11-2-12-32-65)52-54-89(87)99(95-81(70-41-21-7-22-42-70)48-28-49-82(95)71-43-23-8-24-44-71)91-63-77(62-90(93(91)97)98(88)94-79(68-37-17-5-18-38-68)46-27-47-80(94)69-39-19-6-20-40-69)76-58-84(96-85(59-76)83-45-25-26-50-92(83)100-96)78-56-74(66-33-13-3-14-34-66)55-75(57-78)67-35-15-4-16-36-67/h1-63H. The van der Waals surface area contributed by atoms with Gasteiger partial charge in [-0.25, -0.2) is 0 Å². The van der Waals surface area contributed by atoms with Gasteiger partial charge in [-0.2, -0.15) is 0 Å². The van der Waals surface area contributed by atoms with E-state index in [1.807, 2.05) is 0 Å². The topological polar surface area (TPSA) is 19.6 Å². The maximum atomic E-state index is 7.19.